The quantitative estimate of drug-likeness (QED) is 0.425. The molecule has 1 aromatic rings. The van der Waals surface area contributed by atoms with Gasteiger partial charge in [-0.25, -0.2) is 0 Å². The zero-order chi connectivity index (χ0) is 17.3. The minimum atomic E-state index is -4.78. The molecule has 0 aliphatic heterocycles. The molecule has 0 atom stereocenters. The van der Waals surface area contributed by atoms with Crippen LogP contribution in [0.4, 0.5) is 26.3 Å². The first-order chi connectivity index (χ1) is 11.1. The second-order valence-electron chi connectivity index (χ2n) is 7.55. The van der Waals surface area contributed by atoms with E-state index in [2.05, 4.69) is 0 Å². The molecular formula is C18H17F6+. The molecule has 0 radical (unpaired) electrons. The van der Waals surface area contributed by atoms with Gasteiger partial charge in [-0.05, 0) is 50.0 Å². The molecule has 130 valence electrons. The minimum Gasteiger partial charge on any atom is -0.165 e. The molecule has 0 heterocycles. The molecular weight excluding hydrogens is 330 g/mol. The van der Waals surface area contributed by atoms with Crippen LogP contribution in [0.15, 0.2) is 18.2 Å². The zero-order valence-corrected chi connectivity index (χ0v) is 12.8. The van der Waals surface area contributed by atoms with Gasteiger partial charge in [0.1, 0.15) is 16.7 Å². The summed E-state index contributed by atoms with van der Waals surface area (Å²) in [5.74, 6) is 2.36. The molecule has 0 spiro atoms. The molecule has 5 rings (SSSR count). The molecule has 0 amide bonds. The van der Waals surface area contributed by atoms with Crippen LogP contribution >= 0.6 is 0 Å². The van der Waals surface area contributed by atoms with Crippen molar-refractivity contribution in [2.45, 2.75) is 44.5 Å². The summed E-state index contributed by atoms with van der Waals surface area (Å²) in [5, 5.41) is 0. The van der Waals surface area contributed by atoms with E-state index in [0.29, 0.717) is 11.8 Å². The average Bonchev–Trinajstić information content (AvgIpc) is 2.44. The SMILES string of the molecule is FC(F)(F)c1cc([C+]2C3CC4CC(C3)CC2C4)cc(C(F)(F)F)c1. The van der Waals surface area contributed by atoms with Crippen molar-refractivity contribution in [2.75, 3.05) is 0 Å². The van der Waals surface area contributed by atoms with Crippen molar-refractivity contribution in [3.05, 3.63) is 40.8 Å². The lowest BCUT2D eigenvalue weighted by Crippen LogP contribution is -2.44. The van der Waals surface area contributed by atoms with Crippen molar-refractivity contribution < 1.29 is 26.3 Å². The van der Waals surface area contributed by atoms with E-state index in [1.165, 1.54) is 6.42 Å². The topological polar surface area (TPSA) is 0 Å². The molecule has 4 aliphatic rings. The second kappa shape index (κ2) is 5.09. The van der Waals surface area contributed by atoms with Gasteiger partial charge in [0.25, 0.3) is 0 Å². The molecule has 4 fully saturated rings. The highest BCUT2D eigenvalue weighted by Crippen LogP contribution is 2.59. The van der Waals surface area contributed by atoms with E-state index in [9.17, 15) is 26.3 Å². The van der Waals surface area contributed by atoms with Gasteiger partial charge in [0, 0.05) is 17.8 Å². The largest absolute Gasteiger partial charge is 0.428 e. The van der Waals surface area contributed by atoms with Gasteiger partial charge in [-0.1, -0.05) is 0 Å². The number of alkyl halides is 6. The Labute approximate surface area is 136 Å². The predicted octanol–water partition coefficient (Wildman–Crippen LogP) is 6.10. The third kappa shape index (κ3) is 2.68. The fourth-order valence-corrected chi connectivity index (χ4v) is 5.28. The lowest BCUT2D eigenvalue weighted by atomic mass is 9.50. The van der Waals surface area contributed by atoms with Crippen LogP contribution < -0.4 is 0 Å². The van der Waals surface area contributed by atoms with Gasteiger partial charge in [-0.15, -0.1) is 0 Å². The van der Waals surface area contributed by atoms with Crippen molar-refractivity contribution in [3.8, 4) is 0 Å². The van der Waals surface area contributed by atoms with Crippen molar-refractivity contribution in [1.82, 2.24) is 0 Å². The summed E-state index contributed by atoms with van der Waals surface area (Å²) < 4.78 is 78.5. The molecule has 0 N–H and O–H groups in total. The summed E-state index contributed by atoms with van der Waals surface area (Å²) >= 11 is 0. The summed E-state index contributed by atoms with van der Waals surface area (Å²) in [6, 6.07) is 2.07. The second-order valence-corrected chi connectivity index (χ2v) is 7.55. The Bertz CT molecular complexity index is 582. The normalized spacial score (nSPS) is 32.5. The first-order valence-corrected chi connectivity index (χ1v) is 8.28. The van der Waals surface area contributed by atoms with Crippen molar-refractivity contribution in [2.24, 2.45) is 23.7 Å². The maximum atomic E-state index is 13.1. The smallest absolute Gasteiger partial charge is 0.165 e. The van der Waals surface area contributed by atoms with Crippen LogP contribution in [0.25, 0.3) is 0 Å². The first kappa shape index (κ1) is 16.2. The minimum absolute atomic E-state index is 0.158. The fourth-order valence-electron chi connectivity index (χ4n) is 5.28. The maximum Gasteiger partial charge on any atom is 0.428 e. The van der Waals surface area contributed by atoms with Gasteiger partial charge in [-0.2, -0.15) is 26.3 Å². The highest BCUT2D eigenvalue weighted by atomic mass is 19.4. The summed E-state index contributed by atoms with van der Waals surface area (Å²) in [5.41, 5.74) is -2.24. The van der Waals surface area contributed by atoms with Gasteiger partial charge in [0.05, 0.1) is 12.1 Å². The van der Waals surface area contributed by atoms with Crippen LogP contribution in [-0.4, -0.2) is 0 Å². The Hall–Kier alpha value is -1.33. The highest BCUT2D eigenvalue weighted by molar-refractivity contribution is 5.43. The van der Waals surface area contributed by atoms with Crippen molar-refractivity contribution in [3.63, 3.8) is 0 Å². The maximum absolute atomic E-state index is 13.1. The molecule has 0 saturated heterocycles. The van der Waals surface area contributed by atoms with Crippen molar-refractivity contribution in [1.29, 1.82) is 0 Å². The summed E-state index contributed by atoms with van der Waals surface area (Å²) in [6.45, 7) is 0. The van der Waals surface area contributed by atoms with E-state index in [1.807, 2.05) is 0 Å². The molecule has 0 nitrogen and oxygen atoms in total. The average molecular weight is 347 g/mol. The number of benzene rings is 1. The van der Waals surface area contributed by atoms with Crippen LogP contribution in [0, 0.1) is 29.6 Å². The van der Waals surface area contributed by atoms with Crippen LogP contribution in [0.3, 0.4) is 0 Å². The van der Waals surface area contributed by atoms with E-state index >= 15 is 0 Å². The predicted molar refractivity (Wildman–Crippen MR) is 75.8 cm³/mol. The van der Waals surface area contributed by atoms with Gasteiger partial charge in [0.2, 0.25) is 0 Å². The third-order valence-corrected chi connectivity index (χ3v) is 5.94. The molecule has 0 aromatic heterocycles. The molecule has 4 aliphatic carbocycles. The Kier molecular flexibility index (Phi) is 3.42. The van der Waals surface area contributed by atoms with Gasteiger partial charge >= 0.3 is 12.4 Å². The molecule has 0 unspecified atom stereocenters. The lowest BCUT2D eigenvalue weighted by molar-refractivity contribution is -0.143. The van der Waals surface area contributed by atoms with Crippen molar-refractivity contribution >= 4 is 0 Å². The van der Waals surface area contributed by atoms with Crippen LogP contribution in [0.5, 0.6) is 0 Å². The van der Waals surface area contributed by atoms with Crippen LogP contribution in [0.2, 0.25) is 0 Å². The van der Waals surface area contributed by atoms with E-state index in [-0.39, 0.29) is 23.5 Å². The van der Waals surface area contributed by atoms with Gasteiger partial charge < -0.3 is 0 Å². The van der Waals surface area contributed by atoms with E-state index in [0.717, 1.165) is 43.7 Å². The van der Waals surface area contributed by atoms with Gasteiger partial charge in [0.15, 0.2) is 0 Å². The number of rotatable bonds is 1. The first-order valence-electron chi connectivity index (χ1n) is 8.28. The summed E-state index contributed by atoms with van der Waals surface area (Å²) in [4.78, 5) is 0. The monoisotopic (exact) mass is 347 g/mol. The van der Waals surface area contributed by atoms with Crippen LogP contribution in [-0.2, 0) is 12.4 Å². The lowest BCUT2D eigenvalue weighted by Gasteiger charge is -2.51. The summed E-state index contributed by atoms with van der Waals surface area (Å²) in [7, 11) is 0. The van der Waals surface area contributed by atoms with E-state index < -0.39 is 23.5 Å². The Morgan fingerprint density at radius 1 is 0.667 bits per heavy atom. The number of hydrogen-bond acceptors (Lipinski definition) is 0. The fraction of sp³-hybridized carbons (Fsp3) is 0.611. The molecule has 1 aromatic carbocycles. The zero-order valence-electron chi connectivity index (χ0n) is 12.8. The van der Waals surface area contributed by atoms with Gasteiger partial charge in [-0.3, -0.25) is 0 Å². The molecule has 6 heteroatoms. The Morgan fingerprint density at radius 3 is 1.46 bits per heavy atom. The van der Waals surface area contributed by atoms with E-state index in [1.54, 1.807) is 0 Å². The third-order valence-electron chi connectivity index (χ3n) is 5.94. The van der Waals surface area contributed by atoms with E-state index in [4.69, 9.17) is 0 Å². The highest BCUT2D eigenvalue weighted by Gasteiger charge is 2.53. The Balaban J connectivity index is 1.77. The molecule has 24 heavy (non-hydrogen) atoms. The molecule has 4 bridgehead atoms. The number of halogens is 6. The van der Waals surface area contributed by atoms with Crippen LogP contribution in [0.1, 0.15) is 48.8 Å². The number of hydrogen-bond donors (Lipinski definition) is 0. The summed E-state index contributed by atoms with van der Waals surface area (Å²) in [6.07, 6.45) is -4.71. The standard InChI is InChI=1S/C18H17F6/c19-17(20,21)14-6-13(7-15(8-14)18(22,23)24)16-11-2-9-1-10(4-11)5-12(16)3-9/h6-12H,1-5H2/q+1. The Morgan fingerprint density at radius 2 is 1.08 bits per heavy atom. The molecule has 4 saturated carbocycles.